The van der Waals surface area contributed by atoms with Crippen LogP contribution in [0.15, 0.2) is 30.3 Å². The van der Waals surface area contributed by atoms with Crippen LogP contribution in [0.1, 0.15) is 26.2 Å². The van der Waals surface area contributed by atoms with Crippen LogP contribution >= 0.6 is 43.5 Å². The summed E-state index contributed by atoms with van der Waals surface area (Å²) in [5.41, 5.74) is 0. The number of unbranched alkanes of at least 4 members (excludes halogenated alkanes) is 1. The Morgan fingerprint density at radius 2 is 1.94 bits per heavy atom. The summed E-state index contributed by atoms with van der Waals surface area (Å²) >= 11 is 14.6. The van der Waals surface area contributed by atoms with E-state index in [1.54, 1.807) is 0 Å². The van der Waals surface area contributed by atoms with Gasteiger partial charge in [0, 0.05) is 0 Å². The normalized spacial score (nSPS) is 30.2. The Morgan fingerprint density at radius 1 is 1.29 bits per heavy atom. The Kier molecular flexibility index (Phi) is 4.70. The second kappa shape index (κ2) is 5.54. The van der Waals surface area contributed by atoms with Gasteiger partial charge in [-0.15, -0.1) is 0 Å². The molecule has 1 aliphatic carbocycles. The van der Waals surface area contributed by atoms with Crippen molar-refractivity contribution in [2.24, 2.45) is 5.92 Å². The fourth-order valence-electron chi connectivity index (χ4n) is 1.99. The van der Waals surface area contributed by atoms with Crippen LogP contribution < -0.4 is 4.46 Å². The minimum atomic E-state index is -0.115. The summed E-state index contributed by atoms with van der Waals surface area (Å²) in [5.74, 6) is 0.539. The van der Waals surface area contributed by atoms with Crippen molar-refractivity contribution >= 4 is 62.9 Å². The quantitative estimate of drug-likeness (QED) is 0.470. The topological polar surface area (TPSA) is 0 Å². The third kappa shape index (κ3) is 2.79. The van der Waals surface area contributed by atoms with Crippen LogP contribution in [0, 0.1) is 5.92 Å². The predicted octanol–water partition coefficient (Wildman–Crippen LogP) is 4.26. The van der Waals surface area contributed by atoms with Crippen molar-refractivity contribution in [1.29, 1.82) is 0 Å². The Hall–Kier alpha value is 0.989. The van der Waals surface area contributed by atoms with E-state index in [1.165, 1.54) is 23.7 Å². The molecular formula is C13H15Br2ClSe. The zero-order chi connectivity index (χ0) is 12.5. The first kappa shape index (κ1) is 14.4. The zero-order valence-corrected chi connectivity index (χ0v) is 15.3. The van der Waals surface area contributed by atoms with Crippen LogP contribution in [-0.2, 0) is 0 Å². The predicted molar refractivity (Wildman–Crippen MR) is 84.0 cm³/mol. The first-order valence-electron chi connectivity index (χ1n) is 5.83. The number of rotatable bonds is 5. The Morgan fingerprint density at radius 3 is 2.53 bits per heavy atom. The van der Waals surface area contributed by atoms with Gasteiger partial charge < -0.3 is 0 Å². The van der Waals surface area contributed by atoms with Gasteiger partial charge >= 0.3 is 132 Å². The average Bonchev–Trinajstić information content (AvgIpc) is 2.70. The third-order valence-corrected chi connectivity index (χ3v) is 11.0. The Labute approximate surface area is 131 Å². The summed E-state index contributed by atoms with van der Waals surface area (Å²) in [6, 6.07) is 10.6. The van der Waals surface area contributed by atoms with E-state index in [0.29, 0.717) is 20.9 Å². The van der Waals surface area contributed by atoms with Gasteiger partial charge in [-0.05, 0) is 0 Å². The van der Waals surface area contributed by atoms with E-state index in [2.05, 4.69) is 69.1 Å². The van der Waals surface area contributed by atoms with Gasteiger partial charge in [0.05, 0.1) is 0 Å². The molecule has 1 aromatic rings. The van der Waals surface area contributed by atoms with E-state index < -0.39 is 0 Å². The number of hydrogen-bond donors (Lipinski definition) is 0. The third-order valence-electron chi connectivity index (χ3n) is 3.11. The Bertz CT molecular complexity index is 382. The summed E-state index contributed by atoms with van der Waals surface area (Å²) < 4.78 is 1.20. The first-order valence-corrected chi connectivity index (χ1v) is 9.51. The monoisotopic (exact) mass is 444 g/mol. The van der Waals surface area contributed by atoms with E-state index >= 15 is 0 Å². The molecule has 0 nitrogen and oxygen atoms in total. The second-order valence-electron chi connectivity index (χ2n) is 4.38. The van der Waals surface area contributed by atoms with Crippen molar-refractivity contribution in [3.8, 4) is 0 Å². The fraction of sp³-hybridized carbons (Fsp3) is 0.538. The molecule has 17 heavy (non-hydrogen) atoms. The van der Waals surface area contributed by atoms with Gasteiger partial charge in [-0.2, -0.15) is 0 Å². The zero-order valence-electron chi connectivity index (χ0n) is 9.63. The molecule has 0 heterocycles. The Balaban J connectivity index is 2.05. The van der Waals surface area contributed by atoms with E-state index in [-0.39, 0.29) is 7.01 Å². The SMILES string of the molecule is CCCCC1C(Br)(Br)C1(Cl)[Se]c1ccccc1. The van der Waals surface area contributed by atoms with E-state index in [4.69, 9.17) is 11.6 Å². The van der Waals surface area contributed by atoms with E-state index in [9.17, 15) is 0 Å². The molecule has 0 N–H and O–H groups in total. The van der Waals surface area contributed by atoms with Gasteiger partial charge in [0.2, 0.25) is 0 Å². The molecule has 0 aliphatic heterocycles. The molecule has 2 atom stereocenters. The van der Waals surface area contributed by atoms with Crippen LogP contribution in [0.2, 0.25) is 0 Å². The number of halogens is 3. The molecule has 0 bridgehead atoms. The van der Waals surface area contributed by atoms with E-state index in [0.717, 1.165) is 0 Å². The van der Waals surface area contributed by atoms with Crippen molar-refractivity contribution in [2.45, 2.75) is 33.2 Å². The van der Waals surface area contributed by atoms with Gasteiger partial charge in [0.25, 0.3) is 0 Å². The molecule has 0 amide bonds. The van der Waals surface area contributed by atoms with Crippen LogP contribution in [0.5, 0.6) is 0 Å². The van der Waals surface area contributed by atoms with Crippen molar-refractivity contribution < 1.29 is 0 Å². The van der Waals surface area contributed by atoms with Gasteiger partial charge in [0.1, 0.15) is 0 Å². The van der Waals surface area contributed by atoms with Crippen molar-refractivity contribution in [1.82, 2.24) is 0 Å². The maximum atomic E-state index is 6.81. The standard InChI is InChI=1S/C13H15Br2ClSe/c1-2-3-9-11-12(14,15)13(11,16)17-10-7-5-4-6-8-10/h4-8,11H,2-3,9H2,1H3. The summed E-state index contributed by atoms with van der Waals surface area (Å²) in [6.45, 7) is 2.23. The molecule has 0 saturated heterocycles. The van der Waals surface area contributed by atoms with Crippen LogP contribution in [0.4, 0.5) is 0 Å². The molecule has 0 aromatic heterocycles. The summed E-state index contributed by atoms with van der Waals surface area (Å²) in [5, 5.41) is 0. The molecule has 1 fully saturated rings. The maximum absolute atomic E-state index is 6.81. The molecule has 94 valence electrons. The van der Waals surface area contributed by atoms with E-state index in [1.807, 2.05) is 0 Å². The van der Waals surface area contributed by atoms with Crippen molar-refractivity contribution in [2.75, 3.05) is 0 Å². The van der Waals surface area contributed by atoms with Crippen molar-refractivity contribution in [3.05, 3.63) is 30.3 Å². The van der Waals surface area contributed by atoms with Gasteiger partial charge in [-0.3, -0.25) is 0 Å². The summed E-state index contributed by atoms with van der Waals surface area (Å²) in [4.78, 5) is 0. The molecule has 2 unspecified atom stereocenters. The molecular weight excluding hydrogens is 430 g/mol. The van der Waals surface area contributed by atoms with Crippen LogP contribution in [0.3, 0.4) is 0 Å². The molecule has 2 rings (SSSR count). The number of benzene rings is 1. The van der Waals surface area contributed by atoms with Crippen LogP contribution in [-0.4, -0.2) is 22.0 Å². The molecule has 1 aliphatic rings. The first-order chi connectivity index (χ1) is 8.02. The minimum absolute atomic E-state index is 0.0560. The molecule has 0 spiro atoms. The molecule has 1 aromatic carbocycles. The fourth-order valence-corrected chi connectivity index (χ4v) is 8.77. The van der Waals surface area contributed by atoms with Crippen molar-refractivity contribution in [3.63, 3.8) is 0 Å². The second-order valence-corrected chi connectivity index (χ2v) is 11.8. The number of hydrogen-bond acceptors (Lipinski definition) is 0. The summed E-state index contributed by atoms with van der Waals surface area (Å²) in [7, 11) is 0. The van der Waals surface area contributed by atoms with Gasteiger partial charge in [-0.1, -0.05) is 0 Å². The molecule has 0 radical (unpaired) electrons. The van der Waals surface area contributed by atoms with Gasteiger partial charge in [-0.25, -0.2) is 0 Å². The summed E-state index contributed by atoms with van der Waals surface area (Å²) in [6.07, 6.45) is 3.69. The average molecular weight is 445 g/mol. The van der Waals surface area contributed by atoms with Crippen LogP contribution in [0.25, 0.3) is 0 Å². The molecule has 1 saturated carbocycles. The van der Waals surface area contributed by atoms with Gasteiger partial charge in [0.15, 0.2) is 0 Å². The number of alkyl halides is 3. The molecule has 4 heteroatoms.